The summed E-state index contributed by atoms with van der Waals surface area (Å²) in [5, 5.41) is 5.73. The van der Waals surface area contributed by atoms with Crippen LogP contribution in [0.1, 0.15) is 39.8 Å². The van der Waals surface area contributed by atoms with Crippen LogP contribution in [0.25, 0.3) is 4.96 Å². The summed E-state index contributed by atoms with van der Waals surface area (Å²) in [6.45, 7) is 11.3. The van der Waals surface area contributed by atoms with Gasteiger partial charge in [0, 0.05) is 18.5 Å². The van der Waals surface area contributed by atoms with E-state index < -0.39 is 0 Å². The molecule has 1 fully saturated rings. The van der Waals surface area contributed by atoms with Crippen molar-refractivity contribution in [3.63, 3.8) is 0 Å². The van der Waals surface area contributed by atoms with E-state index in [1.54, 1.807) is 11.3 Å². The van der Waals surface area contributed by atoms with Gasteiger partial charge in [0.25, 0.3) is 0 Å². The third kappa shape index (κ3) is 2.54. The number of fused-ring (bicyclic) bond motifs is 1. The van der Waals surface area contributed by atoms with E-state index in [2.05, 4.69) is 37.7 Å². The highest BCUT2D eigenvalue weighted by molar-refractivity contribution is 7.20. The molecule has 0 bridgehead atoms. The second kappa shape index (κ2) is 5.00. The van der Waals surface area contributed by atoms with Gasteiger partial charge in [-0.2, -0.15) is 0 Å². The molecule has 3 heterocycles. The first-order valence-electron chi connectivity index (χ1n) is 7.20. The van der Waals surface area contributed by atoms with Crippen molar-refractivity contribution in [1.82, 2.24) is 14.6 Å². The van der Waals surface area contributed by atoms with E-state index in [0.717, 1.165) is 41.9 Å². The molecule has 1 atom stereocenters. The number of ether oxygens (including phenoxy) is 1. The minimum absolute atomic E-state index is 0.0693. The lowest BCUT2D eigenvalue weighted by Crippen LogP contribution is -2.42. The standard InChI is InChI=1S/C14H22N4OS/c1-5-10-8-17(6-7-19-10)13-16-18-9-11(14(2,3)4)15-12(18)20-13/h9-10H,5-8H2,1-4H3/t10-/m0/s1. The largest absolute Gasteiger partial charge is 0.375 e. The lowest BCUT2D eigenvalue weighted by Gasteiger charge is -2.31. The summed E-state index contributed by atoms with van der Waals surface area (Å²) in [7, 11) is 0. The van der Waals surface area contributed by atoms with Gasteiger partial charge in [0.1, 0.15) is 0 Å². The molecule has 0 spiro atoms. The fourth-order valence-electron chi connectivity index (χ4n) is 2.32. The van der Waals surface area contributed by atoms with Crippen LogP contribution in [-0.4, -0.2) is 40.4 Å². The minimum atomic E-state index is 0.0693. The molecule has 1 saturated heterocycles. The van der Waals surface area contributed by atoms with Gasteiger partial charge in [0.15, 0.2) is 0 Å². The molecule has 1 aliphatic rings. The topological polar surface area (TPSA) is 42.7 Å². The van der Waals surface area contributed by atoms with Crippen LogP contribution in [0.5, 0.6) is 0 Å². The van der Waals surface area contributed by atoms with Crippen molar-refractivity contribution in [1.29, 1.82) is 0 Å². The van der Waals surface area contributed by atoms with Gasteiger partial charge >= 0.3 is 0 Å². The molecule has 110 valence electrons. The van der Waals surface area contributed by atoms with Crippen LogP contribution in [0.15, 0.2) is 6.20 Å². The molecule has 0 amide bonds. The Kier molecular flexibility index (Phi) is 3.46. The Labute approximate surface area is 123 Å². The number of rotatable bonds is 2. The maximum atomic E-state index is 5.71. The zero-order valence-corrected chi connectivity index (χ0v) is 13.4. The molecule has 2 aromatic heterocycles. The Morgan fingerprint density at radius 2 is 2.25 bits per heavy atom. The quantitative estimate of drug-likeness (QED) is 0.854. The molecule has 1 aliphatic heterocycles. The number of hydrogen-bond acceptors (Lipinski definition) is 5. The van der Waals surface area contributed by atoms with Crippen molar-refractivity contribution >= 4 is 21.4 Å². The molecule has 0 unspecified atom stereocenters. The second-order valence-electron chi connectivity index (χ2n) is 6.33. The monoisotopic (exact) mass is 294 g/mol. The van der Waals surface area contributed by atoms with Crippen LogP contribution in [0, 0.1) is 0 Å². The molecule has 0 aliphatic carbocycles. The highest BCUT2D eigenvalue weighted by Crippen LogP contribution is 2.28. The van der Waals surface area contributed by atoms with E-state index in [0.29, 0.717) is 6.10 Å². The number of nitrogens with zero attached hydrogens (tertiary/aromatic N) is 4. The fourth-order valence-corrected chi connectivity index (χ4v) is 3.24. The average Bonchev–Trinajstić information content (AvgIpc) is 2.96. The van der Waals surface area contributed by atoms with Crippen molar-refractivity contribution < 1.29 is 4.74 Å². The third-order valence-electron chi connectivity index (χ3n) is 3.67. The maximum Gasteiger partial charge on any atom is 0.214 e. The van der Waals surface area contributed by atoms with E-state index in [-0.39, 0.29) is 5.41 Å². The van der Waals surface area contributed by atoms with Crippen molar-refractivity contribution in [2.24, 2.45) is 0 Å². The molecule has 0 radical (unpaired) electrons. The van der Waals surface area contributed by atoms with Crippen molar-refractivity contribution in [2.75, 3.05) is 24.6 Å². The minimum Gasteiger partial charge on any atom is -0.375 e. The SMILES string of the molecule is CC[C@H]1CN(c2nn3cc(C(C)(C)C)nc3s2)CCO1. The Morgan fingerprint density at radius 1 is 1.45 bits per heavy atom. The number of hydrogen-bond donors (Lipinski definition) is 0. The normalized spacial score (nSPS) is 20.8. The smallest absolute Gasteiger partial charge is 0.214 e. The van der Waals surface area contributed by atoms with E-state index in [1.165, 1.54) is 0 Å². The summed E-state index contributed by atoms with van der Waals surface area (Å²) in [4.78, 5) is 7.99. The molecule has 6 heteroatoms. The number of anilines is 1. The van der Waals surface area contributed by atoms with E-state index in [4.69, 9.17) is 9.72 Å². The van der Waals surface area contributed by atoms with Gasteiger partial charge in [-0.25, -0.2) is 9.50 Å². The van der Waals surface area contributed by atoms with Crippen LogP contribution in [0.2, 0.25) is 0 Å². The molecular weight excluding hydrogens is 272 g/mol. The van der Waals surface area contributed by atoms with Gasteiger partial charge in [0.05, 0.1) is 24.6 Å². The predicted octanol–water partition coefficient (Wildman–Crippen LogP) is 2.70. The molecule has 2 aromatic rings. The zero-order chi connectivity index (χ0) is 14.3. The lowest BCUT2D eigenvalue weighted by molar-refractivity contribution is 0.0383. The zero-order valence-electron chi connectivity index (χ0n) is 12.6. The van der Waals surface area contributed by atoms with Crippen LogP contribution in [0.4, 0.5) is 5.13 Å². The van der Waals surface area contributed by atoms with E-state index in [9.17, 15) is 0 Å². The van der Waals surface area contributed by atoms with Crippen molar-refractivity contribution in [3.8, 4) is 0 Å². The summed E-state index contributed by atoms with van der Waals surface area (Å²) in [5.74, 6) is 0. The Balaban J connectivity index is 1.84. The number of aromatic nitrogens is 3. The third-order valence-corrected chi connectivity index (χ3v) is 4.65. The molecule has 0 N–H and O–H groups in total. The Hall–Kier alpha value is -1.14. The molecule has 20 heavy (non-hydrogen) atoms. The lowest BCUT2D eigenvalue weighted by atomic mass is 9.93. The van der Waals surface area contributed by atoms with E-state index >= 15 is 0 Å². The first-order valence-corrected chi connectivity index (χ1v) is 8.02. The summed E-state index contributed by atoms with van der Waals surface area (Å²) < 4.78 is 7.62. The summed E-state index contributed by atoms with van der Waals surface area (Å²) >= 11 is 1.66. The average molecular weight is 294 g/mol. The number of morpholine rings is 1. The molecule has 3 rings (SSSR count). The van der Waals surface area contributed by atoms with Crippen LogP contribution < -0.4 is 4.90 Å². The fraction of sp³-hybridized carbons (Fsp3) is 0.714. The van der Waals surface area contributed by atoms with Gasteiger partial charge in [-0.15, -0.1) is 5.10 Å². The molecule has 5 nitrogen and oxygen atoms in total. The first kappa shape index (κ1) is 13.8. The van der Waals surface area contributed by atoms with E-state index in [1.807, 2.05) is 10.7 Å². The summed E-state index contributed by atoms with van der Waals surface area (Å²) in [6, 6.07) is 0. The Bertz CT molecular complexity index is 566. The van der Waals surface area contributed by atoms with Gasteiger partial charge in [-0.3, -0.25) is 0 Å². The summed E-state index contributed by atoms with van der Waals surface area (Å²) in [6.07, 6.45) is 3.42. The van der Waals surface area contributed by atoms with Crippen LogP contribution in [-0.2, 0) is 10.2 Å². The first-order chi connectivity index (χ1) is 9.47. The maximum absolute atomic E-state index is 5.71. The second-order valence-corrected chi connectivity index (χ2v) is 7.27. The molecule has 0 aromatic carbocycles. The number of imidazole rings is 1. The molecule has 0 saturated carbocycles. The van der Waals surface area contributed by atoms with Crippen molar-refractivity contribution in [2.45, 2.75) is 45.6 Å². The Morgan fingerprint density at radius 3 is 2.90 bits per heavy atom. The highest BCUT2D eigenvalue weighted by atomic mass is 32.1. The van der Waals surface area contributed by atoms with Gasteiger partial charge in [-0.1, -0.05) is 39.0 Å². The van der Waals surface area contributed by atoms with Crippen LogP contribution in [0.3, 0.4) is 0 Å². The van der Waals surface area contributed by atoms with Gasteiger partial charge in [-0.05, 0) is 6.42 Å². The predicted molar refractivity (Wildman–Crippen MR) is 81.8 cm³/mol. The van der Waals surface area contributed by atoms with Gasteiger partial charge in [0.2, 0.25) is 10.1 Å². The highest BCUT2D eigenvalue weighted by Gasteiger charge is 2.24. The molecular formula is C14H22N4OS. The van der Waals surface area contributed by atoms with Crippen LogP contribution >= 0.6 is 11.3 Å². The van der Waals surface area contributed by atoms with Gasteiger partial charge < -0.3 is 9.64 Å². The van der Waals surface area contributed by atoms with Crippen molar-refractivity contribution in [3.05, 3.63) is 11.9 Å². The summed E-state index contributed by atoms with van der Waals surface area (Å²) in [5.41, 5.74) is 1.16.